The number of nitrogens with zero attached hydrogens (tertiary/aromatic N) is 1. The highest BCUT2D eigenvalue weighted by molar-refractivity contribution is 6.14. The maximum atomic E-state index is 2.47. The number of aryl methyl sites for hydroxylation is 1. The molecule has 1 aliphatic carbocycles. The summed E-state index contributed by atoms with van der Waals surface area (Å²) in [4.78, 5) is 0. The molecule has 124 valence electrons. The lowest BCUT2D eigenvalue weighted by Gasteiger charge is -2.06. The van der Waals surface area contributed by atoms with E-state index in [0.717, 1.165) is 13.0 Å². The zero-order chi connectivity index (χ0) is 17.3. The van der Waals surface area contributed by atoms with Crippen molar-refractivity contribution in [3.05, 3.63) is 83.9 Å². The third-order valence-electron chi connectivity index (χ3n) is 5.96. The maximum absolute atomic E-state index is 2.47. The van der Waals surface area contributed by atoms with Crippen LogP contribution in [0.15, 0.2) is 72.8 Å². The lowest BCUT2D eigenvalue weighted by molar-refractivity contribution is 0.827. The summed E-state index contributed by atoms with van der Waals surface area (Å²) in [5, 5.41) is 5.38. The van der Waals surface area contributed by atoms with E-state index >= 15 is 0 Å². The molecule has 4 aromatic carbocycles. The van der Waals surface area contributed by atoms with Crippen LogP contribution < -0.4 is 0 Å². The van der Waals surface area contributed by atoms with Crippen molar-refractivity contribution >= 4 is 32.6 Å². The first-order chi connectivity index (χ1) is 12.8. The number of fused-ring (bicyclic) bond motifs is 7. The lowest BCUT2D eigenvalue weighted by Crippen LogP contribution is -1.93. The Morgan fingerprint density at radius 1 is 0.692 bits per heavy atom. The van der Waals surface area contributed by atoms with Crippen molar-refractivity contribution in [2.24, 2.45) is 0 Å². The second kappa shape index (κ2) is 4.98. The van der Waals surface area contributed by atoms with Crippen molar-refractivity contribution in [3.8, 4) is 11.1 Å². The molecule has 0 fully saturated rings. The second-order valence-corrected chi connectivity index (χ2v) is 7.32. The molecular formula is C25H19N. The van der Waals surface area contributed by atoms with Crippen LogP contribution in [-0.4, -0.2) is 4.57 Å². The molecule has 0 aliphatic heterocycles. The standard InChI is InChI=1S/C25H19N/c1-2-26-24-13-17-8-4-3-7-16(17)12-22(24)23-15-21-19(14-25(23)26)11-18-9-5-6-10-20(18)21/h3-10,12-15H,2,11H2,1H3. The minimum Gasteiger partial charge on any atom is -0.341 e. The second-order valence-electron chi connectivity index (χ2n) is 7.32. The predicted molar refractivity (Wildman–Crippen MR) is 111 cm³/mol. The third-order valence-corrected chi connectivity index (χ3v) is 5.96. The Kier molecular flexibility index (Phi) is 2.71. The van der Waals surface area contributed by atoms with Crippen LogP contribution in [0.3, 0.4) is 0 Å². The van der Waals surface area contributed by atoms with Crippen molar-refractivity contribution in [3.63, 3.8) is 0 Å². The first-order valence-electron chi connectivity index (χ1n) is 9.39. The monoisotopic (exact) mass is 333 g/mol. The zero-order valence-corrected chi connectivity index (χ0v) is 14.8. The summed E-state index contributed by atoms with van der Waals surface area (Å²) in [7, 11) is 0. The van der Waals surface area contributed by atoms with Gasteiger partial charge in [-0.1, -0.05) is 48.5 Å². The van der Waals surface area contributed by atoms with Crippen LogP contribution >= 0.6 is 0 Å². The van der Waals surface area contributed by atoms with Crippen LogP contribution in [-0.2, 0) is 13.0 Å². The zero-order valence-electron chi connectivity index (χ0n) is 14.8. The Morgan fingerprint density at radius 2 is 1.38 bits per heavy atom. The lowest BCUT2D eigenvalue weighted by atomic mass is 10.0. The Hall–Kier alpha value is -3.06. The van der Waals surface area contributed by atoms with Crippen molar-refractivity contribution in [1.82, 2.24) is 4.57 Å². The molecule has 1 heteroatoms. The van der Waals surface area contributed by atoms with E-state index in [1.165, 1.54) is 54.8 Å². The van der Waals surface area contributed by atoms with E-state index in [1.54, 1.807) is 0 Å². The molecule has 0 spiro atoms. The average Bonchev–Trinajstić information content (AvgIpc) is 3.19. The SMILES string of the molecule is CCn1c2cc3c(cc2c2cc4ccccc4cc21)-c1ccccc1C3. The van der Waals surface area contributed by atoms with Gasteiger partial charge in [-0.15, -0.1) is 0 Å². The van der Waals surface area contributed by atoms with Gasteiger partial charge in [0.15, 0.2) is 0 Å². The summed E-state index contributed by atoms with van der Waals surface area (Å²) in [6.07, 6.45) is 1.05. The Labute approximate surface area is 152 Å². The number of aromatic nitrogens is 1. The highest BCUT2D eigenvalue weighted by atomic mass is 15.0. The fourth-order valence-electron chi connectivity index (χ4n) is 4.75. The molecule has 5 aromatic rings. The molecule has 1 aromatic heterocycles. The van der Waals surface area contributed by atoms with E-state index in [1.807, 2.05) is 0 Å². The largest absolute Gasteiger partial charge is 0.341 e. The van der Waals surface area contributed by atoms with Crippen LogP contribution in [0.1, 0.15) is 18.1 Å². The van der Waals surface area contributed by atoms with Gasteiger partial charge in [-0.05, 0) is 70.6 Å². The van der Waals surface area contributed by atoms with E-state index < -0.39 is 0 Å². The highest BCUT2D eigenvalue weighted by Crippen LogP contribution is 2.42. The fraction of sp³-hybridized carbons (Fsp3) is 0.120. The van der Waals surface area contributed by atoms with Gasteiger partial charge in [-0.25, -0.2) is 0 Å². The van der Waals surface area contributed by atoms with Crippen LogP contribution in [0, 0.1) is 0 Å². The quantitative estimate of drug-likeness (QED) is 0.322. The molecule has 0 amide bonds. The van der Waals surface area contributed by atoms with Gasteiger partial charge in [0, 0.05) is 28.4 Å². The van der Waals surface area contributed by atoms with E-state index in [0.29, 0.717) is 0 Å². The van der Waals surface area contributed by atoms with Crippen molar-refractivity contribution in [2.45, 2.75) is 19.9 Å². The van der Waals surface area contributed by atoms with Crippen LogP contribution in [0.4, 0.5) is 0 Å². The number of hydrogen-bond donors (Lipinski definition) is 0. The highest BCUT2D eigenvalue weighted by Gasteiger charge is 2.21. The van der Waals surface area contributed by atoms with Crippen LogP contribution in [0.5, 0.6) is 0 Å². The van der Waals surface area contributed by atoms with Crippen molar-refractivity contribution < 1.29 is 0 Å². The molecule has 0 saturated carbocycles. The van der Waals surface area contributed by atoms with Gasteiger partial charge >= 0.3 is 0 Å². The van der Waals surface area contributed by atoms with Crippen molar-refractivity contribution in [2.75, 3.05) is 0 Å². The Balaban J connectivity index is 1.77. The minimum absolute atomic E-state index is 0.990. The Morgan fingerprint density at radius 3 is 2.23 bits per heavy atom. The molecule has 0 atom stereocenters. The third kappa shape index (κ3) is 1.75. The molecule has 0 unspecified atom stereocenters. The minimum atomic E-state index is 0.990. The molecule has 26 heavy (non-hydrogen) atoms. The number of rotatable bonds is 1. The number of hydrogen-bond acceptors (Lipinski definition) is 0. The number of benzene rings is 4. The summed E-state index contributed by atoms with van der Waals surface area (Å²) >= 11 is 0. The molecule has 0 N–H and O–H groups in total. The summed E-state index contributed by atoms with van der Waals surface area (Å²) < 4.78 is 2.47. The van der Waals surface area contributed by atoms with E-state index in [-0.39, 0.29) is 0 Å². The van der Waals surface area contributed by atoms with Gasteiger partial charge in [0.2, 0.25) is 0 Å². The first kappa shape index (κ1) is 14.1. The molecule has 0 radical (unpaired) electrons. The van der Waals surface area contributed by atoms with E-state index in [4.69, 9.17) is 0 Å². The topological polar surface area (TPSA) is 4.93 Å². The smallest absolute Gasteiger partial charge is 0.0497 e. The molecule has 1 nitrogen and oxygen atoms in total. The molecule has 0 saturated heterocycles. The molecule has 1 aliphatic rings. The fourth-order valence-corrected chi connectivity index (χ4v) is 4.75. The maximum Gasteiger partial charge on any atom is 0.0497 e. The Bertz CT molecular complexity index is 1340. The van der Waals surface area contributed by atoms with Gasteiger partial charge in [-0.3, -0.25) is 0 Å². The molecule has 1 heterocycles. The van der Waals surface area contributed by atoms with Crippen LogP contribution in [0.2, 0.25) is 0 Å². The molecule has 6 rings (SSSR count). The molecule has 0 bridgehead atoms. The predicted octanol–water partition coefficient (Wildman–Crippen LogP) is 6.54. The van der Waals surface area contributed by atoms with Crippen LogP contribution in [0.25, 0.3) is 43.7 Å². The van der Waals surface area contributed by atoms with Crippen molar-refractivity contribution in [1.29, 1.82) is 0 Å². The van der Waals surface area contributed by atoms with Gasteiger partial charge in [0.05, 0.1) is 0 Å². The summed E-state index contributed by atoms with van der Waals surface area (Å²) in [6, 6.07) is 27.1. The van der Waals surface area contributed by atoms with Gasteiger partial charge in [0.1, 0.15) is 0 Å². The summed E-state index contributed by atoms with van der Waals surface area (Å²) in [5.41, 5.74) is 8.44. The summed E-state index contributed by atoms with van der Waals surface area (Å²) in [5.74, 6) is 0. The van der Waals surface area contributed by atoms with E-state index in [9.17, 15) is 0 Å². The van der Waals surface area contributed by atoms with Gasteiger partial charge in [-0.2, -0.15) is 0 Å². The van der Waals surface area contributed by atoms with Gasteiger partial charge < -0.3 is 4.57 Å². The normalized spacial score (nSPS) is 12.8. The summed E-state index contributed by atoms with van der Waals surface area (Å²) in [6.45, 7) is 3.24. The first-order valence-corrected chi connectivity index (χ1v) is 9.39. The molecular weight excluding hydrogens is 314 g/mol. The average molecular weight is 333 g/mol. The van der Waals surface area contributed by atoms with Gasteiger partial charge in [0.25, 0.3) is 0 Å². The van der Waals surface area contributed by atoms with E-state index in [2.05, 4.69) is 84.3 Å².